The molecule has 0 atom stereocenters. The first-order valence-electron chi connectivity index (χ1n) is 13.3. The van der Waals surface area contributed by atoms with Gasteiger partial charge >= 0.3 is 6.03 Å². The van der Waals surface area contributed by atoms with Gasteiger partial charge < -0.3 is 11.1 Å². The number of anilines is 4. The molecule has 3 aromatic rings. The van der Waals surface area contributed by atoms with Crippen molar-refractivity contribution < 1.29 is 4.79 Å². The second-order valence-electron chi connectivity index (χ2n) is 10.4. The highest BCUT2D eigenvalue weighted by atomic mass is 16.2. The van der Waals surface area contributed by atoms with Crippen LogP contribution in [-0.2, 0) is 6.54 Å². The van der Waals surface area contributed by atoms with Gasteiger partial charge in [-0.2, -0.15) is 5.10 Å². The summed E-state index contributed by atoms with van der Waals surface area (Å²) >= 11 is 0. The van der Waals surface area contributed by atoms with Crippen molar-refractivity contribution >= 4 is 34.6 Å². The fraction of sp³-hybridized carbons (Fsp3) is 0.367. The topological polar surface area (TPSA) is 86.8 Å². The maximum absolute atomic E-state index is 14.0. The van der Waals surface area contributed by atoms with Crippen LogP contribution in [0, 0.1) is 12.8 Å². The Hall–Kier alpha value is -3.87. The van der Waals surface area contributed by atoms with E-state index in [9.17, 15) is 4.79 Å². The molecule has 0 radical (unpaired) electrons. The Bertz CT molecular complexity index is 1280. The Kier molecular flexibility index (Phi) is 7.12. The summed E-state index contributed by atoms with van der Waals surface area (Å²) in [5.74, 6) is 0.885. The predicted octanol–water partition coefficient (Wildman–Crippen LogP) is 6.85. The van der Waals surface area contributed by atoms with Gasteiger partial charge in [-0.25, -0.2) is 14.8 Å². The molecule has 2 aromatic carbocycles. The van der Waals surface area contributed by atoms with Crippen LogP contribution < -0.4 is 16.0 Å². The van der Waals surface area contributed by atoms with Crippen LogP contribution in [-0.4, -0.2) is 27.8 Å². The number of aromatic nitrogens is 1. The van der Waals surface area contributed by atoms with E-state index in [0.717, 1.165) is 52.3 Å². The van der Waals surface area contributed by atoms with Crippen molar-refractivity contribution in [1.82, 2.24) is 9.99 Å². The number of urea groups is 1. The minimum atomic E-state index is -0.124. The van der Waals surface area contributed by atoms with Crippen LogP contribution in [0.25, 0.3) is 0 Å². The number of carbonyl (C=O) groups excluding carboxylic acids is 1. The summed E-state index contributed by atoms with van der Waals surface area (Å²) in [5, 5.41) is 10.1. The molecule has 192 valence electrons. The zero-order valence-electron chi connectivity index (χ0n) is 21.9. The van der Waals surface area contributed by atoms with Gasteiger partial charge in [0.05, 0.1) is 23.1 Å². The van der Waals surface area contributed by atoms with E-state index in [1.807, 2.05) is 49.1 Å². The van der Waals surface area contributed by atoms with Gasteiger partial charge in [-0.3, -0.25) is 4.90 Å². The first-order chi connectivity index (χ1) is 17.9. The lowest BCUT2D eigenvalue weighted by Gasteiger charge is -2.29. The van der Waals surface area contributed by atoms with Crippen LogP contribution >= 0.6 is 0 Å². The lowest BCUT2D eigenvalue weighted by Crippen LogP contribution is -2.41. The highest BCUT2D eigenvalue weighted by Crippen LogP contribution is 2.38. The predicted molar refractivity (Wildman–Crippen MR) is 151 cm³/mol. The molecule has 0 saturated heterocycles. The molecule has 1 fully saturated rings. The Balaban J connectivity index is 1.49. The highest BCUT2D eigenvalue weighted by Gasteiger charge is 2.35. The molecule has 0 bridgehead atoms. The molecule has 1 aliphatic heterocycles. The summed E-state index contributed by atoms with van der Waals surface area (Å²) < 4.78 is 0. The first-order valence-corrected chi connectivity index (χ1v) is 13.3. The number of nitrogen functional groups attached to an aromatic ring is 1. The molecule has 7 heteroatoms. The van der Waals surface area contributed by atoms with Crippen molar-refractivity contribution in [3.63, 3.8) is 0 Å². The number of aryl methyl sites for hydroxylation is 1. The van der Waals surface area contributed by atoms with E-state index < -0.39 is 0 Å². The summed E-state index contributed by atoms with van der Waals surface area (Å²) in [7, 11) is 0. The number of amides is 2. The molecular formula is C30H36N6O. The van der Waals surface area contributed by atoms with Gasteiger partial charge in [-0.05, 0) is 81.1 Å². The van der Waals surface area contributed by atoms with E-state index in [1.54, 1.807) is 17.3 Å². The summed E-state index contributed by atoms with van der Waals surface area (Å²) in [5.41, 5.74) is 12.7. The average molecular weight is 497 g/mol. The normalized spacial score (nSPS) is 16.4. The number of fused-ring (bicyclic) bond motifs is 1. The maximum Gasteiger partial charge on any atom is 0.349 e. The molecule has 5 rings (SSSR count). The van der Waals surface area contributed by atoms with Crippen LogP contribution in [0.2, 0.25) is 0 Å². The van der Waals surface area contributed by atoms with Gasteiger partial charge in [0.2, 0.25) is 0 Å². The molecule has 1 aromatic heterocycles. The third-order valence-electron chi connectivity index (χ3n) is 7.22. The van der Waals surface area contributed by atoms with Gasteiger partial charge in [0.15, 0.2) is 0 Å². The van der Waals surface area contributed by atoms with Gasteiger partial charge in [0.1, 0.15) is 5.82 Å². The number of rotatable bonds is 6. The van der Waals surface area contributed by atoms with Crippen molar-refractivity contribution in [2.75, 3.05) is 16.0 Å². The van der Waals surface area contributed by atoms with Gasteiger partial charge in [0.25, 0.3) is 0 Å². The molecule has 0 spiro atoms. The molecule has 7 nitrogen and oxygen atoms in total. The number of nitrogens with two attached hydrogens (primary N) is 1. The van der Waals surface area contributed by atoms with E-state index >= 15 is 0 Å². The van der Waals surface area contributed by atoms with Crippen LogP contribution in [0.15, 0.2) is 65.9 Å². The molecule has 2 amide bonds. The minimum Gasteiger partial charge on any atom is -0.384 e. The Morgan fingerprint density at radius 1 is 1.03 bits per heavy atom. The van der Waals surface area contributed by atoms with Crippen LogP contribution in [0.3, 0.4) is 0 Å². The van der Waals surface area contributed by atoms with E-state index in [0.29, 0.717) is 18.3 Å². The summed E-state index contributed by atoms with van der Waals surface area (Å²) in [6, 6.07) is 18.0. The second kappa shape index (κ2) is 10.6. The molecule has 1 aliphatic carbocycles. The second-order valence-corrected chi connectivity index (χ2v) is 10.4. The largest absolute Gasteiger partial charge is 0.384 e. The zero-order chi connectivity index (χ0) is 25.9. The summed E-state index contributed by atoms with van der Waals surface area (Å²) in [6.07, 6.45) is 7.72. The number of pyridine rings is 1. The quantitative estimate of drug-likeness (QED) is 0.391. The monoisotopic (exact) mass is 496 g/mol. The van der Waals surface area contributed by atoms with Gasteiger partial charge in [-0.15, -0.1) is 0 Å². The van der Waals surface area contributed by atoms with Crippen molar-refractivity contribution in [2.45, 2.75) is 65.5 Å². The standard InChI is InChI=1S/C30H36N6O/c1-20(2)36-30(37)35(25-13-11-24(12-14-25)32-18-22-10-16-28(31)33-19-22)27-17-21(3)9-15-26(27)29(34-36)23-7-5-4-6-8-23/h9-17,19-20,23,32H,4-8,18H2,1-3H3,(H2,31,33). The first kappa shape index (κ1) is 24.8. The summed E-state index contributed by atoms with van der Waals surface area (Å²) in [4.78, 5) is 20.0. The smallest absolute Gasteiger partial charge is 0.349 e. The average Bonchev–Trinajstić information content (AvgIpc) is 3.03. The zero-order valence-corrected chi connectivity index (χ0v) is 21.9. The van der Waals surface area contributed by atoms with Crippen molar-refractivity contribution in [3.8, 4) is 0 Å². The Morgan fingerprint density at radius 3 is 2.46 bits per heavy atom. The minimum absolute atomic E-state index is 0.0570. The van der Waals surface area contributed by atoms with E-state index in [1.165, 1.54) is 19.3 Å². The van der Waals surface area contributed by atoms with Crippen LogP contribution in [0.5, 0.6) is 0 Å². The van der Waals surface area contributed by atoms with E-state index in [-0.39, 0.29) is 12.1 Å². The lowest BCUT2D eigenvalue weighted by molar-refractivity contribution is 0.195. The highest BCUT2D eigenvalue weighted by molar-refractivity contribution is 6.14. The SMILES string of the molecule is Cc1ccc2c(c1)N(c1ccc(NCc3ccc(N)nc3)cc1)C(=O)N(C(C)C)N=C2C1CCCCC1. The molecule has 2 aliphatic rings. The fourth-order valence-corrected chi connectivity index (χ4v) is 5.20. The number of nitrogens with zero attached hydrogens (tertiary/aromatic N) is 4. The molecular weight excluding hydrogens is 460 g/mol. The number of nitrogens with one attached hydrogen (secondary N) is 1. The lowest BCUT2D eigenvalue weighted by atomic mass is 9.82. The van der Waals surface area contributed by atoms with Gasteiger partial charge in [0, 0.05) is 29.9 Å². The number of carbonyl (C=O) groups is 1. The van der Waals surface area contributed by atoms with E-state index in [2.05, 4.69) is 35.4 Å². The number of hydrogen-bond donors (Lipinski definition) is 2. The molecule has 1 saturated carbocycles. The van der Waals surface area contributed by atoms with Crippen LogP contribution in [0.1, 0.15) is 62.6 Å². The number of hydrazone groups is 1. The number of hydrogen-bond acceptors (Lipinski definition) is 5. The third-order valence-corrected chi connectivity index (χ3v) is 7.22. The maximum atomic E-state index is 14.0. The molecule has 2 heterocycles. The van der Waals surface area contributed by atoms with Crippen molar-refractivity contribution in [1.29, 1.82) is 0 Å². The Labute approximate surface area is 219 Å². The van der Waals surface area contributed by atoms with Crippen molar-refractivity contribution in [3.05, 3.63) is 77.5 Å². The Morgan fingerprint density at radius 2 is 1.78 bits per heavy atom. The third kappa shape index (κ3) is 5.31. The number of benzene rings is 2. The molecule has 3 N–H and O–H groups in total. The van der Waals surface area contributed by atoms with Crippen molar-refractivity contribution in [2.24, 2.45) is 11.0 Å². The van der Waals surface area contributed by atoms with E-state index in [4.69, 9.17) is 10.8 Å². The van der Waals surface area contributed by atoms with Crippen LogP contribution in [0.4, 0.5) is 27.7 Å². The molecule has 0 unspecified atom stereocenters. The summed E-state index contributed by atoms with van der Waals surface area (Å²) in [6.45, 7) is 6.76. The fourth-order valence-electron chi connectivity index (χ4n) is 5.20. The molecule has 37 heavy (non-hydrogen) atoms. The van der Waals surface area contributed by atoms with Gasteiger partial charge in [-0.1, -0.05) is 37.5 Å².